The lowest BCUT2D eigenvalue weighted by atomic mass is 10.1. The van der Waals surface area contributed by atoms with Crippen LogP contribution in [0, 0.1) is 0 Å². The van der Waals surface area contributed by atoms with E-state index < -0.39 is 0 Å². The molecular formula is C27H22N2O2S3. The van der Waals surface area contributed by atoms with Crippen molar-refractivity contribution in [1.29, 1.82) is 0 Å². The lowest BCUT2D eigenvalue weighted by Crippen LogP contribution is -2.27. The van der Waals surface area contributed by atoms with Crippen molar-refractivity contribution >= 4 is 68.6 Å². The van der Waals surface area contributed by atoms with Crippen LogP contribution in [0.2, 0.25) is 0 Å². The summed E-state index contributed by atoms with van der Waals surface area (Å²) in [5.74, 6) is 0.769. The van der Waals surface area contributed by atoms with Gasteiger partial charge in [-0.1, -0.05) is 66.4 Å². The van der Waals surface area contributed by atoms with Crippen LogP contribution in [0.5, 0.6) is 5.75 Å². The van der Waals surface area contributed by atoms with Gasteiger partial charge < -0.3 is 9.30 Å². The van der Waals surface area contributed by atoms with E-state index in [9.17, 15) is 4.79 Å². The van der Waals surface area contributed by atoms with Crippen molar-refractivity contribution in [3.63, 3.8) is 0 Å². The highest BCUT2D eigenvalue weighted by Crippen LogP contribution is 2.38. The zero-order chi connectivity index (χ0) is 23.5. The van der Waals surface area contributed by atoms with Gasteiger partial charge in [-0.15, -0.1) is 11.8 Å². The van der Waals surface area contributed by atoms with Crippen LogP contribution < -0.4 is 9.64 Å². The molecular weight excluding hydrogens is 481 g/mol. The van der Waals surface area contributed by atoms with E-state index in [1.54, 1.807) is 16.7 Å². The summed E-state index contributed by atoms with van der Waals surface area (Å²) in [6.07, 6.45) is 6.05. The normalized spacial score (nSPS) is 15.0. The van der Waals surface area contributed by atoms with Crippen molar-refractivity contribution in [2.75, 3.05) is 17.8 Å². The molecule has 0 bridgehead atoms. The summed E-state index contributed by atoms with van der Waals surface area (Å²) in [6.45, 7) is 1.25. The van der Waals surface area contributed by atoms with Crippen molar-refractivity contribution < 1.29 is 9.53 Å². The summed E-state index contributed by atoms with van der Waals surface area (Å²) in [5, 5.41) is 1.09. The molecule has 1 amide bonds. The third kappa shape index (κ3) is 4.64. The number of benzene rings is 3. The zero-order valence-electron chi connectivity index (χ0n) is 18.5. The fraction of sp³-hybridized carbons (Fsp3) is 0.111. The highest BCUT2D eigenvalue weighted by Gasteiger charge is 2.33. The van der Waals surface area contributed by atoms with Crippen LogP contribution in [0.3, 0.4) is 0 Å². The molecule has 3 aromatic carbocycles. The molecule has 0 saturated carbocycles. The van der Waals surface area contributed by atoms with Gasteiger partial charge in [0.1, 0.15) is 12.4 Å². The van der Waals surface area contributed by atoms with E-state index in [1.165, 1.54) is 11.8 Å². The van der Waals surface area contributed by atoms with Crippen LogP contribution in [0.4, 0.5) is 5.69 Å². The van der Waals surface area contributed by atoms with Gasteiger partial charge in [0.2, 0.25) is 0 Å². The Labute approximate surface area is 212 Å². The smallest absolute Gasteiger partial charge is 0.270 e. The van der Waals surface area contributed by atoms with Crippen molar-refractivity contribution in [2.24, 2.45) is 0 Å². The van der Waals surface area contributed by atoms with Gasteiger partial charge in [0.15, 0.2) is 4.32 Å². The van der Waals surface area contributed by atoms with Crippen molar-refractivity contribution in [2.45, 2.75) is 11.4 Å². The molecule has 0 atom stereocenters. The Kier molecular flexibility index (Phi) is 6.76. The van der Waals surface area contributed by atoms with Crippen molar-refractivity contribution in [3.05, 3.63) is 95.5 Å². The number of carbonyl (C=O) groups is 1. The zero-order valence-corrected chi connectivity index (χ0v) is 21.0. The summed E-state index contributed by atoms with van der Waals surface area (Å²) in [7, 11) is 0. The van der Waals surface area contributed by atoms with E-state index in [4.69, 9.17) is 17.0 Å². The number of thiocarbonyl (C=S) groups is 1. The third-order valence-electron chi connectivity index (χ3n) is 5.56. The predicted octanol–water partition coefficient (Wildman–Crippen LogP) is 6.85. The first-order valence-corrected chi connectivity index (χ1v) is 13.3. The molecule has 4 nitrogen and oxygen atoms in total. The van der Waals surface area contributed by atoms with Crippen molar-refractivity contribution in [3.8, 4) is 5.75 Å². The van der Waals surface area contributed by atoms with Crippen LogP contribution in [0.15, 0.2) is 94.9 Å². The second-order valence-corrected chi connectivity index (χ2v) is 10.2. The number of para-hydroxylation sites is 2. The first-order valence-electron chi connectivity index (χ1n) is 10.8. The number of carbonyl (C=O) groups excluding carboxylic acids is 1. The highest BCUT2D eigenvalue weighted by molar-refractivity contribution is 8.27. The van der Waals surface area contributed by atoms with E-state index >= 15 is 0 Å². The summed E-state index contributed by atoms with van der Waals surface area (Å²) >= 11 is 8.56. The number of hydrogen-bond donors (Lipinski definition) is 0. The fourth-order valence-corrected chi connectivity index (χ4v) is 5.68. The number of aromatic nitrogens is 1. The van der Waals surface area contributed by atoms with Gasteiger partial charge in [0.25, 0.3) is 5.91 Å². The molecule has 34 heavy (non-hydrogen) atoms. The van der Waals surface area contributed by atoms with Crippen LogP contribution in [0.25, 0.3) is 17.0 Å². The van der Waals surface area contributed by atoms with Crippen LogP contribution in [-0.4, -0.2) is 27.7 Å². The second kappa shape index (κ2) is 10.1. The van der Waals surface area contributed by atoms with Crippen LogP contribution in [-0.2, 0) is 11.3 Å². The number of anilines is 1. The summed E-state index contributed by atoms with van der Waals surface area (Å²) in [4.78, 5) is 16.7. The standard InChI is InChI=1S/C27H22N2O2S3/c1-33-22-11-7-8-20(17-22)29-26(30)25(34-27(29)32)16-19-18-28(24-13-6-5-12-23(19)24)14-15-31-21-9-3-2-4-10-21/h2-13,16-18H,14-15H2,1H3/b25-16-. The van der Waals surface area contributed by atoms with Gasteiger partial charge in [-0.2, -0.15) is 0 Å². The Morgan fingerprint density at radius 3 is 2.65 bits per heavy atom. The van der Waals surface area contributed by atoms with Gasteiger partial charge in [-0.25, -0.2) is 0 Å². The topological polar surface area (TPSA) is 34.5 Å². The maximum atomic E-state index is 13.3. The predicted molar refractivity (Wildman–Crippen MR) is 148 cm³/mol. The summed E-state index contributed by atoms with van der Waals surface area (Å²) in [5.41, 5.74) is 2.90. The monoisotopic (exact) mass is 502 g/mol. The molecule has 2 heterocycles. The quantitative estimate of drug-likeness (QED) is 0.157. The molecule has 0 unspecified atom stereocenters. The summed E-state index contributed by atoms with van der Waals surface area (Å²) in [6, 6.07) is 25.9. The molecule has 1 aliphatic rings. The number of fused-ring (bicyclic) bond motifs is 1. The molecule has 1 fully saturated rings. The molecule has 1 aliphatic heterocycles. The van der Waals surface area contributed by atoms with Gasteiger partial charge in [0.05, 0.1) is 17.1 Å². The number of thioether (sulfide) groups is 2. The van der Waals surface area contributed by atoms with E-state index in [0.29, 0.717) is 22.4 Å². The molecule has 1 aromatic heterocycles. The molecule has 7 heteroatoms. The van der Waals surface area contributed by atoms with Gasteiger partial charge in [0, 0.05) is 27.6 Å². The van der Waals surface area contributed by atoms with Crippen molar-refractivity contribution in [1.82, 2.24) is 4.57 Å². The van der Waals surface area contributed by atoms with Gasteiger partial charge >= 0.3 is 0 Å². The minimum Gasteiger partial charge on any atom is -0.492 e. The molecule has 5 rings (SSSR count). The largest absolute Gasteiger partial charge is 0.492 e. The van der Waals surface area contributed by atoms with E-state index in [0.717, 1.165) is 32.8 Å². The van der Waals surface area contributed by atoms with Gasteiger partial charge in [-0.3, -0.25) is 9.69 Å². The lowest BCUT2D eigenvalue weighted by molar-refractivity contribution is -0.113. The SMILES string of the molecule is CSc1cccc(N2C(=O)/C(=C/c3cn(CCOc4ccccc4)c4ccccc34)SC2=S)c1. The lowest BCUT2D eigenvalue weighted by Gasteiger charge is -2.15. The van der Waals surface area contributed by atoms with E-state index in [2.05, 4.69) is 22.9 Å². The maximum absolute atomic E-state index is 13.3. The molecule has 0 aliphatic carbocycles. The maximum Gasteiger partial charge on any atom is 0.270 e. The number of ether oxygens (including phenoxy) is 1. The number of nitrogens with zero attached hydrogens (tertiary/aromatic N) is 2. The fourth-order valence-electron chi connectivity index (χ4n) is 3.93. The Morgan fingerprint density at radius 1 is 1.03 bits per heavy atom. The molecule has 1 saturated heterocycles. The molecule has 0 N–H and O–H groups in total. The number of amides is 1. The Hall–Kier alpha value is -3.00. The first kappa shape index (κ1) is 22.8. The highest BCUT2D eigenvalue weighted by atomic mass is 32.2. The minimum absolute atomic E-state index is 0.0857. The Morgan fingerprint density at radius 2 is 1.82 bits per heavy atom. The first-order chi connectivity index (χ1) is 16.6. The van der Waals surface area contributed by atoms with Crippen LogP contribution >= 0.6 is 35.7 Å². The number of rotatable bonds is 7. The minimum atomic E-state index is -0.0857. The van der Waals surface area contributed by atoms with Gasteiger partial charge in [-0.05, 0) is 48.7 Å². The Balaban J connectivity index is 1.41. The molecule has 4 aromatic rings. The Bertz CT molecular complexity index is 1400. The van der Waals surface area contributed by atoms with Crippen LogP contribution in [0.1, 0.15) is 5.56 Å². The summed E-state index contributed by atoms with van der Waals surface area (Å²) < 4.78 is 8.62. The average Bonchev–Trinajstić information content (AvgIpc) is 3.36. The average molecular weight is 503 g/mol. The number of hydrogen-bond acceptors (Lipinski definition) is 5. The second-order valence-electron chi connectivity index (χ2n) is 7.68. The molecule has 170 valence electrons. The molecule has 0 radical (unpaired) electrons. The third-order valence-corrected chi connectivity index (χ3v) is 7.58. The van der Waals surface area contributed by atoms with E-state index in [-0.39, 0.29) is 5.91 Å². The molecule has 0 spiro atoms. The van der Waals surface area contributed by atoms with E-state index in [1.807, 2.05) is 79.1 Å².